The number of nitrogens with zero attached hydrogens (tertiary/aromatic N) is 3. The molecule has 0 saturated heterocycles. The van der Waals surface area contributed by atoms with E-state index in [9.17, 15) is 4.79 Å². The van der Waals surface area contributed by atoms with Crippen molar-refractivity contribution in [3.8, 4) is 0 Å². The van der Waals surface area contributed by atoms with Crippen LogP contribution in [0.25, 0.3) is 0 Å². The molecule has 6 nitrogen and oxygen atoms in total. The molecule has 1 fully saturated rings. The number of anilines is 1. The normalized spacial score (nSPS) is 17.0. The summed E-state index contributed by atoms with van der Waals surface area (Å²) in [5.74, 6) is 0.535. The average Bonchev–Trinajstić information content (AvgIpc) is 2.96. The summed E-state index contributed by atoms with van der Waals surface area (Å²) >= 11 is 0. The molecule has 6 heteroatoms. The number of hydrogen-bond donors (Lipinski definition) is 2. The van der Waals surface area contributed by atoms with E-state index in [1.54, 1.807) is 6.07 Å². The van der Waals surface area contributed by atoms with Crippen molar-refractivity contribution in [2.24, 2.45) is 0 Å². The standard InChI is InChI=1S/C15H25N5O/c1-4-16-14(21)12-7-8-13(19-18-12)17-11-15(20(2)3)9-5-6-10-15/h7-8H,4-6,9-11H2,1-3H3,(H,16,21)(H,17,19). The second kappa shape index (κ2) is 6.85. The van der Waals surface area contributed by atoms with Crippen LogP contribution in [-0.2, 0) is 0 Å². The molecule has 1 amide bonds. The van der Waals surface area contributed by atoms with E-state index in [0.29, 0.717) is 12.2 Å². The van der Waals surface area contributed by atoms with Gasteiger partial charge in [-0.1, -0.05) is 12.8 Å². The van der Waals surface area contributed by atoms with Gasteiger partial charge in [0.2, 0.25) is 0 Å². The SMILES string of the molecule is CCNC(=O)c1ccc(NCC2(N(C)C)CCCC2)nn1. The number of nitrogens with one attached hydrogen (secondary N) is 2. The van der Waals surface area contributed by atoms with Crippen LogP contribution in [0, 0.1) is 0 Å². The third kappa shape index (κ3) is 3.69. The second-order valence-corrected chi connectivity index (χ2v) is 5.84. The molecule has 0 unspecified atom stereocenters. The van der Waals surface area contributed by atoms with E-state index in [2.05, 4.69) is 39.8 Å². The number of rotatable bonds is 6. The minimum Gasteiger partial charge on any atom is -0.367 e. The predicted molar refractivity (Wildman–Crippen MR) is 83.4 cm³/mol. The lowest BCUT2D eigenvalue weighted by atomic mass is 9.96. The van der Waals surface area contributed by atoms with Crippen molar-refractivity contribution in [3.05, 3.63) is 17.8 Å². The molecule has 116 valence electrons. The lowest BCUT2D eigenvalue weighted by Gasteiger charge is -2.36. The van der Waals surface area contributed by atoms with Crippen LogP contribution >= 0.6 is 0 Å². The Kier molecular flexibility index (Phi) is 5.12. The molecule has 0 atom stereocenters. The maximum atomic E-state index is 11.6. The fourth-order valence-corrected chi connectivity index (χ4v) is 2.87. The number of hydrogen-bond acceptors (Lipinski definition) is 5. The van der Waals surface area contributed by atoms with Crippen LogP contribution in [0.4, 0.5) is 5.82 Å². The van der Waals surface area contributed by atoms with Crippen molar-refractivity contribution >= 4 is 11.7 Å². The topological polar surface area (TPSA) is 70.2 Å². The van der Waals surface area contributed by atoms with Crippen molar-refractivity contribution in [1.82, 2.24) is 20.4 Å². The van der Waals surface area contributed by atoms with Gasteiger partial charge < -0.3 is 15.5 Å². The lowest BCUT2D eigenvalue weighted by molar-refractivity contribution is 0.0950. The van der Waals surface area contributed by atoms with E-state index in [0.717, 1.165) is 12.4 Å². The Hall–Kier alpha value is -1.69. The van der Waals surface area contributed by atoms with Gasteiger partial charge in [-0.2, -0.15) is 0 Å². The molecule has 1 aromatic heterocycles. The highest BCUT2D eigenvalue weighted by atomic mass is 16.1. The molecule has 21 heavy (non-hydrogen) atoms. The van der Waals surface area contributed by atoms with Crippen LogP contribution < -0.4 is 10.6 Å². The van der Waals surface area contributed by atoms with Gasteiger partial charge in [-0.25, -0.2) is 0 Å². The van der Waals surface area contributed by atoms with Gasteiger partial charge in [0, 0.05) is 18.6 Å². The Balaban J connectivity index is 1.96. The molecule has 0 radical (unpaired) electrons. The van der Waals surface area contributed by atoms with E-state index in [-0.39, 0.29) is 11.4 Å². The zero-order valence-electron chi connectivity index (χ0n) is 13.1. The third-order valence-electron chi connectivity index (χ3n) is 4.32. The van der Waals surface area contributed by atoms with Gasteiger partial charge in [0.05, 0.1) is 0 Å². The van der Waals surface area contributed by atoms with Crippen LogP contribution in [0.3, 0.4) is 0 Å². The number of aromatic nitrogens is 2. The Labute approximate surface area is 126 Å². The Bertz CT molecular complexity index is 465. The molecule has 1 heterocycles. The van der Waals surface area contributed by atoms with E-state index in [4.69, 9.17) is 0 Å². The highest BCUT2D eigenvalue weighted by molar-refractivity contribution is 5.92. The molecule has 0 aromatic carbocycles. The fraction of sp³-hybridized carbons (Fsp3) is 0.667. The van der Waals surface area contributed by atoms with Crippen molar-refractivity contribution in [1.29, 1.82) is 0 Å². The Morgan fingerprint density at radius 1 is 1.29 bits per heavy atom. The van der Waals surface area contributed by atoms with Crippen LogP contribution in [-0.4, -0.2) is 53.7 Å². The largest absolute Gasteiger partial charge is 0.367 e. The van der Waals surface area contributed by atoms with Crippen molar-refractivity contribution in [2.45, 2.75) is 38.1 Å². The molecule has 0 aliphatic heterocycles. The van der Waals surface area contributed by atoms with Gasteiger partial charge in [-0.15, -0.1) is 10.2 Å². The van der Waals surface area contributed by atoms with Gasteiger partial charge in [0.15, 0.2) is 5.69 Å². The minimum atomic E-state index is -0.183. The highest BCUT2D eigenvalue weighted by Crippen LogP contribution is 2.33. The summed E-state index contributed by atoms with van der Waals surface area (Å²) in [6.07, 6.45) is 4.97. The number of carbonyl (C=O) groups excluding carboxylic acids is 1. The number of likely N-dealkylation sites (N-methyl/N-ethyl adjacent to an activating group) is 1. The maximum absolute atomic E-state index is 11.6. The summed E-state index contributed by atoms with van der Waals surface area (Å²) < 4.78 is 0. The minimum absolute atomic E-state index is 0.183. The molecular weight excluding hydrogens is 266 g/mol. The smallest absolute Gasteiger partial charge is 0.271 e. The lowest BCUT2D eigenvalue weighted by Crippen LogP contribution is -2.47. The molecule has 1 aliphatic rings. The zero-order chi connectivity index (χ0) is 15.3. The summed E-state index contributed by atoms with van der Waals surface area (Å²) in [4.78, 5) is 13.9. The van der Waals surface area contributed by atoms with Crippen molar-refractivity contribution in [3.63, 3.8) is 0 Å². The monoisotopic (exact) mass is 291 g/mol. The van der Waals surface area contributed by atoms with E-state index in [1.165, 1.54) is 25.7 Å². The summed E-state index contributed by atoms with van der Waals surface area (Å²) in [7, 11) is 4.27. The number of carbonyl (C=O) groups is 1. The fourth-order valence-electron chi connectivity index (χ4n) is 2.87. The van der Waals surface area contributed by atoms with Gasteiger partial charge in [0.25, 0.3) is 5.91 Å². The van der Waals surface area contributed by atoms with Gasteiger partial charge >= 0.3 is 0 Å². The van der Waals surface area contributed by atoms with Crippen LogP contribution in [0.2, 0.25) is 0 Å². The first-order valence-corrected chi connectivity index (χ1v) is 7.60. The molecule has 1 aliphatic carbocycles. The van der Waals surface area contributed by atoms with E-state index in [1.807, 2.05) is 13.0 Å². The highest BCUT2D eigenvalue weighted by Gasteiger charge is 2.35. The summed E-state index contributed by atoms with van der Waals surface area (Å²) in [6, 6.07) is 3.52. The molecule has 2 rings (SSSR count). The van der Waals surface area contributed by atoms with Gasteiger partial charge in [-0.3, -0.25) is 4.79 Å². The molecule has 1 aromatic rings. The van der Waals surface area contributed by atoms with Crippen LogP contribution in [0.5, 0.6) is 0 Å². The summed E-state index contributed by atoms with van der Waals surface area (Å²) in [5, 5.41) is 14.1. The van der Waals surface area contributed by atoms with Gasteiger partial charge in [-0.05, 0) is 46.0 Å². The summed E-state index contributed by atoms with van der Waals surface area (Å²) in [5.41, 5.74) is 0.561. The van der Waals surface area contributed by atoms with Crippen molar-refractivity contribution < 1.29 is 4.79 Å². The third-order valence-corrected chi connectivity index (χ3v) is 4.32. The van der Waals surface area contributed by atoms with Gasteiger partial charge in [0.1, 0.15) is 5.82 Å². The van der Waals surface area contributed by atoms with Crippen LogP contribution in [0.15, 0.2) is 12.1 Å². The number of amides is 1. The Morgan fingerprint density at radius 3 is 2.52 bits per heavy atom. The first-order valence-electron chi connectivity index (χ1n) is 7.60. The first kappa shape index (κ1) is 15.7. The molecular formula is C15H25N5O. The average molecular weight is 291 g/mol. The molecule has 0 bridgehead atoms. The maximum Gasteiger partial charge on any atom is 0.271 e. The second-order valence-electron chi connectivity index (χ2n) is 5.84. The van der Waals surface area contributed by atoms with Crippen molar-refractivity contribution in [2.75, 3.05) is 32.5 Å². The Morgan fingerprint density at radius 2 is 2.00 bits per heavy atom. The molecule has 0 spiro atoms. The predicted octanol–water partition coefficient (Wildman–Crippen LogP) is 1.51. The molecule has 2 N–H and O–H groups in total. The first-order chi connectivity index (χ1) is 10.1. The quantitative estimate of drug-likeness (QED) is 0.831. The van der Waals surface area contributed by atoms with E-state index < -0.39 is 0 Å². The van der Waals surface area contributed by atoms with E-state index >= 15 is 0 Å². The summed E-state index contributed by atoms with van der Waals surface area (Å²) in [6.45, 7) is 3.32. The molecule has 1 saturated carbocycles. The van der Waals surface area contributed by atoms with Crippen LogP contribution in [0.1, 0.15) is 43.1 Å². The zero-order valence-corrected chi connectivity index (χ0v) is 13.1.